The maximum atomic E-state index is 12.5. The zero-order valence-corrected chi connectivity index (χ0v) is 13.4. The maximum Gasteiger partial charge on any atom is 0.270 e. The average molecular weight is 297 g/mol. The first kappa shape index (κ1) is 14.8. The van der Waals surface area contributed by atoms with Gasteiger partial charge in [-0.05, 0) is 57.6 Å². The molecule has 116 valence electrons. The van der Waals surface area contributed by atoms with Gasteiger partial charge in [-0.25, -0.2) is 4.98 Å². The zero-order chi connectivity index (χ0) is 15.5. The van der Waals surface area contributed by atoms with Crippen molar-refractivity contribution >= 4 is 11.6 Å². The van der Waals surface area contributed by atoms with Gasteiger partial charge >= 0.3 is 0 Å². The second-order valence-electron chi connectivity index (χ2n) is 6.04. The summed E-state index contributed by atoms with van der Waals surface area (Å²) >= 11 is 0. The first-order chi connectivity index (χ1) is 10.7. The van der Waals surface area contributed by atoms with Gasteiger partial charge in [-0.3, -0.25) is 9.20 Å². The van der Waals surface area contributed by atoms with Gasteiger partial charge in [0.2, 0.25) is 0 Å². The third-order valence-electron chi connectivity index (χ3n) is 4.35. The Bertz CT molecular complexity index is 727. The maximum absolute atomic E-state index is 12.5. The molecule has 1 amide bonds. The number of amides is 1. The van der Waals surface area contributed by atoms with E-state index in [1.54, 1.807) is 0 Å². The van der Waals surface area contributed by atoms with Gasteiger partial charge in [0.15, 0.2) is 0 Å². The molecule has 1 aliphatic rings. The Kier molecular flexibility index (Phi) is 4.27. The molecule has 0 aliphatic heterocycles. The van der Waals surface area contributed by atoms with Crippen LogP contribution in [0.3, 0.4) is 0 Å². The summed E-state index contributed by atoms with van der Waals surface area (Å²) in [6.07, 6.45) is 10.2. The Labute approximate surface area is 131 Å². The number of rotatable bonds is 4. The van der Waals surface area contributed by atoms with Crippen LogP contribution < -0.4 is 5.32 Å². The lowest BCUT2D eigenvalue weighted by Crippen LogP contribution is -2.26. The molecule has 0 atom stereocenters. The Morgan fingerprint density at radius 1 is 1.36 bits per heavy atom. The number of imidazole rings is 1. The minimum Gasteiger partial charge on any atom is -0.350 e. The fourth-order valence-corrected chi connectivity index (χ4v) is 3.14. The quantitative estimate of drug-likeness (QED) is 0.877. The molecule has 0 aromatic carbocycles. The van der Waals surface area contributed by atoms with E-state index < -0.39 is 0 Å². The Balaban J connectivity index is 1.71. The Hall–Kier alpha value is -2.10. The molecule has 0 bridgehead atoms. The largest absolute Gasteiger partial charge is 0.350 e. The van der Waals surface area contributed by atoms with E-state index in [0.717, 1.165) is 23.3 Å². The van der Waals surface area contributed by atoms with Crippen LogP contribution in [-0.4, -0.2) is 21.8 Å². The van der Waals surface area contributed by atoms with Gasteiger partial charge in [-0.15, -0.1) is 0 Å². The fourth-order valence-electron chi connectivity index (χ4n) is 3.14. The molecule has 0 spiro atoms. The summed E-state index contributed by atoms with van der Waals surface area (Å²) in [5.41, 5.74) is 4.86. The minimum atomic E-state index is -0.0352. The van der Waals surface area contributed by atoms with Gasteiger partial charge < -0.3 is 5.32 Å². The van der Waals surface area contributed by atoms with Crippen LogP contribution in [0.25, 0.3) is 5.65 Å². The summed E-state index contributed by atoms with van der Waals surface area (Å²) in [5, 5.41) is 3.04. The number of hydrogen-bond acceptors (Lipinski definition) is 2. The van der Waals surface area contributed by atoms with Crippen molar-refractivity contribution in [3.63, 3.8) is 0 Å². The first-order valence-corrected chi connectivity index (χ1v) is 8.07. The highest BCUT2D eigenvalue weighted by Crippen LogP contribution is 2.19. The van der Waals surface area contributed by atoms with Crippen LogP contribution in [0.15, 0.2) is 30.0 Å². The number of carbonyl (C=O) groups is 1. The highest BCUT2D eigenvalue weighted by Gasteiger charge is 2.17. The van der Waals surface area contributed by atoms with Crippen molar-refractivity contribution in [3.8, 4) is 0 Å². The molecule has 2 heterocycles. The molecule has 0 radical (unpaired) electrons. The first-order valence-electron chi connectivity index (χ1n) is 8.07. The monoisotopic (exact) mass is 297 g/mol. The molecular weight excluding hydrogens is 274 g/mol. The molecular formula is C18H23N3O. The molecule has 2 aromatic rings. The van der Waals surface area contributed by atoms with Crippen molar-refractivity contribution in [3.05, 3.63) is 46.9 Å². The van der Waals surface area contributed by atoms with Gasteiger partial charge in [0, 0.05) is 12.7 Å². The second-order valence-corrected chi connectivity index (χ2v) is 6.04. The normalized spacial score (nSPS) is 14.9. The summed E-state index contributed by atoms with van der Waals surface area (Å²) in [4.78, 5) is 17.0. The van der Waals surface area contributed by atoms with Gasteiger partial charge in [-0.2, -0.15) is 0 Å². The van der Waals surface area contributed by atoms with Gasteiger partial charge in [-0.1, -0.05) is 17.7 Å². The number of carbonyl (C=O) groups excluding carboxylic acids is 1. The average Bonchev–Trinajstić information content (AvgIpc) is 2.86. The van der Waals surface area contributed by atoms with Crippen LogP contribution in [0.5, 0.6) is 0 Å². The highest BCUT2D eigenvalue weighted by atomic mass is 16.1. The summed E-state index contributed by atoms with van der Waals surface area (Å²) in [6.45, 7) is 4.60. The fraction of sp³-hybridized carbons (Fsp3) is 0.444. The molecule has 4 nitrogen and oxygen atoms in total. The van der Waals surface area contributed by atoms with E-state index in [1.807, 2.05) is 36.6 Å². The van der Waals surface area contributed by atoms with Crippen molar-refractivity contribution in [1.29, 1.82) is 0 Å². The van der Waals surface area contributed by atoms with Crippen molar-refractivity contribution < 1.29 is 4.79 Å². The second kappa shape index (κ2) is 6.34. The van der Waals surface area contributed by atoms with E-state index in [0.29, 0.717) is 12.2 Å². The molecule has 22 heavy (non-hydrogen) atoms. The number of allylic oxidation sites excluding steroid dienone is 1. The molecule has 0 saturated heterocycles. The lowest BCUT2D eigenvalue weighted by atomic mass is 9.97. The number of aromatic nitrogens is 2. The van der Waals surface area contributed by atoms with Crippen LogP contribution in [0.2, 0.25) is 0 Å². The van der Waals surface area contributed by atoms with Crippen molar-refractivity contribution in [2.24, 2.45) is 0 Å². The van der Waals surface area contributed by atoms with Crippen LogP contribution in [0.4, 0.5) is 0 Å². The van der Waals surface area contributed by atoms with Crippen molar-refractivity contribution in [1.82, 2.24) is 14.7 Å². The lowest BCUT2D eigenvalue weighted by molar-refractivity contribution is 0.0947. The predicted octanol–water partition coefficient (Wildman–Crippen LogP) is 3.57. The van der Waals surface area contributed by atoms with Crippen LogP contribution in [0.1, 0.15) is 53.8 Å². The highest BCUT2D eigenvalue weighted by molar-refractivity contribution is 5.94. The minimum absolute atomic E-state index is 0.0352. The number of nitrogens with zero attached hydrogens (tertiary/aromatic N) is 2. The van der Waals surface area contributed by atoms with E-state index in [2.05, 4.69) is 16.4 Å². The van der Waals surface area contributed by atoms with E-state index >= 15 is 0 Å². The zero-order valence-electron chi connectivity index (χ0n) is 13.4. The topological polar surface area (TPSA) is 46.4 Å². The summed E-state index contributed by atoms with van der Waals surface area (Å²) < 4.78 is 1.89. The summed E-state index contributed by atoms with van der Waals surface area (Å²) in [7, 11) is 0. The van der Waals surface area contributed by atoms with E-state index in [-0.39, 0.29) is 5.91 Å². The van der Waals surface area contributed by atoms with E-state index in [4.69, 9.17) is 0 Å². The van der Waals surface area contributed by atoms with E-state index in [9.17, 15) is 4.79 Å². The molecule has 4 heteroatoms. The van der Waals surface area contributed by atoms with Crippen LogP contribution >= 0.6 is 0 Å². The molecule has 2 aromatic heterocycles. The van der Waals surface area contributed by atoms with Gasteiger partial charge in [0.25, 0.3) is 5.91 Å². The molecule has 1 aliphatic carbocycles. The summed E-state index contributed by atoms with van der Waals surface area (Å²) in [5.74, 6) is -0.0352. The molecule has 0 fully saturated rings. The number of aryl methyl sites for hydroxylation is 2. The number of pyridine rings is 1. The number of fused-ring (bicyclic) bond motifs is 1. The third kappa shape index (κ3) is 2.91. The molecule has 3 rings (SSSR count). The van der Waals surface area contributed by atoms with Crippen LogP contribution in [0, 0.1) is 13.8 Å². The Morgan fingerprint density at radius 2 is 2.23 bits per heavy atom. The Morgan fingerprint density at radius 3 is 3.00 bits per heavy atom. The standard InChI is InChI=1S/C18H23N3O/c1-13-7-6-12-21-16(14(2)20-17(13)21)18(22)19-11-10-15-8-4-3-5-9-15/h6-8,12H,3-5,9-11H2,1-2H3,(H,19,22). The summed E-state index contributed by atoms with van der Waals surface area (Å²) in [6, 6.07) is 3.96. The van der Waals surface area contributed by atoms with E-state index in [1.165, 1.54) is 31.3 Å². The number of nitrogens with one attached hydrogen (secondary N) is 1. The molecule has 0 saturated carbocycles. The number of hydrogen-bond donors (Lipinski definition) is 1. The SMILES string of the molecule is Cc1nc2c(C)cccn2c1C(=O)NCCC1=CCCCC1. The predicted molar refractivity (Wildman–Crippen MR) is 88.2 cm³/mol. The van der Waals surface area contributed by atoms with Crippen molar-refractivity contribution in [2.75, 3.05) is 6.54 Å². The third-order valence-corrected chi connectivity index (χ3v) is 4.35. The molecule has 1 N–H and O–H groups in total. The van der Waals surface area contributed by atoms with Crippen LogP contribution in [-0.2, 0) is 0 Å². The van der Waals surface area contributed by atoms with Crippen molar-refractivity contribution in [2.45, 2.75) is 46.0 Å². The molecule has 0 unspecified atom stereocenters. The lowest BCUT2D eigenvalue weighted by Gasteiger charge is -2.13. The smallest absolute Gasteiger partial charge is 0.270 e. The van der Waals surface area contributed by atoms with Gasteiger partial charge in [0.1, 0.15) is 11.3 Å². The van der Waals surface area contributed by atoms with Gasteiger partial charge in [0.05, 0.1) is 5.69 Å².